The van der Waals surface area contributed by atoms with Gasteiger partial charge in [-0.2, -0.15) is 13.2 Å². The van der Waals surface area contributed by atoms with E-state index in [4.69, 9.17) is 10.5 Å². The summed E-state index contributed by atoms with van der Waals surface area (Å²) < 4.78 is 45.3. The highest BCUT2D eigenvalue weighted by molar-refractivity contribution is 5.04. The zero-order chi connectivity index (χ0) is 15.1. The van der Waals surface area contributed by atoms with E-state index < -0.39 is 17.6 Å². The summed E-state index contributed by atoms with van der Waals surface area (Å²) in [6.45, 7) is 1.67. The molecular weight excluding hydrogens is 281 g/mol. The maximum Gasteiger partial charge on any atom is 0.391 e. The Labute approximate surface area is 124 Å². The molecule has 0 spiro atoms. The Balaban J connectivity index is 1.82. The number of fused-ring (bicyclic) bond motifs is 1. The first-order valence-electron chi connectivity index (χ1n) is 8.11. The van der Waals surface area contributed by atoms with Gasteiger partial charge in [0.05, 0.1) is 18.6 Å². The SMILES string of the molecule is NCC1(N2CCOC3CCCC32)CCCC(C(F)(F)F)C1. The molecular formula is C15H25F3N2O. The topological polar surface area (TPSA) is 38.5 Å². The van der Waals surface area contributed by atoms with Crippen molar-refractivity contribution in [2.24, 2.45) is 11.7 Å². The van der Waals surface area contributed by atoms with E-state index in [1.807, 2.05) is 0 Å². The summed E-state index contributed by atoms with van der Waals surface area (Å²) in [5.41, 5.74) is 5.53. The Bertz CT molecular complexity index is 376. The second-order valence-corrected chi connectivity index (χ2v) is 6.86. The van der Waals surface area contributed by atoms with Crippen LogP contribution in [0.4, 0.5) is 13.2 Å². The fourth-order valence-corrected chi connectivity index (χ4v) is 4.70. The third-order valence-electron chi connectivity index (χ3n) is 5.76. The predicted octanol–water partition coefficient (Wildman–Crippen LogP) is 2.69. The third-order valence-corrected chi connectivity index (χ3v) is 5.76. The summed E-state index contributed by atoms with van der Waals surface area (Å²) in [6.07, 6.45) is 1.11. The number of ether oxygens (including phenoxy) is 1. The minimum Gasteiger partial charge on any atom is -0.375 e. The predicted molar refractivity (Wildman–Crippen MR) is 73.9 cm³/mol. The molecule has 2 aliphatic carbocycles. The Kier molecular flexibility index (Phi) is 4.23. The highest BCUT2D eigenvalue weighted by Gasteiger charge is 2.52. The lowest BCUT2D eigenvalue weighted by Crippen LogP contribution is -2.64. The van der Waals surface area contributed by atoms with Gasteiger partial charge in [-0.1, -0.05) is 6.42 Å². The van der Waals surface area contributed by atoms with Crippen LogP contribution in [0.15, 0.2) is 0 Å². The Morgan fingerprint density at radius 3 is 2.71 bits per heavy atom. The number of rotatable bonds is 2. The van der Waals surface area contributed by atoms with Gasteiger partial charge in [-0.25, -0.2) is 0 Å². The Hall–Kier alpha value is -0.330. The van der Waals surface area contributed by atoms with Crippen LogP contribution in [-0.4, -0.2) is 48.5 Å². The van der Waals surface area contributed by atoms with Crippen LogP contribution in [0.5, 0.6) is 0 Å². The molecule has 3 nitrogen and oxygen atoms in total. The number of halogens is 3. The first-order valence-corrected chi connectivity index (χ1v) is 8.11. The summed E-state index contributed by atoms with van der Waals surface area (Å²) in [5, 5.41) is 0. The molecule has 6 heteroatoms. The largest absolute Gasteiger partial charge is 0.391 e. The summed E-state index contributed by atoms with van der Waals surface area (Å²) in [4.78, 5) is 2.30. The monoisotopic (exact) mass is 306 g/mol. The van der Waals surface area contributed by atoms with E-state index in [9.17, 15) is 13.2 Å². The van der Waals surface area contributed by atoms with Crippen molar-refractivity contribution in [3.63, 3.8) is 0 Å². The molecule has 0 aromatic carbocycles. The van der Waals surface area contributed by atoms with Gasteiger partial charge in [0.25, 0.3) is 0 Å². The molecule has 3 aliphatic rings. The molecule has 1 aliphatic heterocycles. The zero-order valence-electron chi connectivity index (χ0n) is 12.4. The highest BCUT2D eigenvalue weighted by Crippen LogP contribution is 2.46. The summed E-state index contributed by atoms with van der Waals surface area (Å²) >= 11 is 0. The zero-order valence-corrected chi connectivity index (χ0v) is 12.4. The van der Waals surface area contributed by atoms with E-state index >= 15 is 0 Å². The second kappa shape index (κ2) is 5.70. The van der Waals surface area contributed by atoms with Crippen molar-refractivity contribution >= 4 is 0 Å². The molecule has 0 radical (unpaired) electrons. The first-order chi connectivity index (χ1) is 9.96. The van der Waals surface area contributed by atoms with Crippen molar-refractivity contribution in [3.05, 3.63) is 0 Å². The van der Waals surface area contributed by atoms with Crippen molar-refractivity contribution in [2.45, 2.75) is 68.8 Å². The van der Waals surface area contributed by atoms with Crippen LogP contribution in [0.3, 0.4) is 0 Å². The fourth-order valence-electron chi connectivity index (χ4n) is 4.70. The molecule has 2 N–H and O–H groups in total. The molecule has 0 aromatic heterocycles. The van der Waals surface area contributed by atoms with Crippen molar-refractivity contribution in [1.29, 1.82) is 0 Å². The standard InChI is InChI=1S/C15H25F3N2O/c16-15(17,18)11-3-2-6-14(9-11,10-19)20-7-8-21-13-5-1-4-12(13)20/h11-13H,1-10,19H2. The molecule has 0 bridgehead atoms. The molecule has 21 heavy (non-hydrogen) atoms. The van der Waals surface area contributed by atoms with Crippen LogP contribution in [-0.2, 0) is 4.74 Å². The van der Waals surface area contributed by atoms with Crippen LogP contribution < -0.4 is 5.73 Å². The van der Waals surface area contributed by atoms with E-state index in [0.29, 0.717) is 19.6 Å². The molecule has 0 aromatic rings. The lowest BCUT2D eigenvalue weighted by molar-refractivity contribution is -0.200. The summed E-state index contributed by atoms with van der Waals surface area (Å²) in [5.74, 6) is -1.20. The van der Waals surface area contributed by atoms with Crippen LogP contribution in [0.25, 0.3) is 0 Å². The Morgan fingerprint density at radius 1 is 1.19 bits per heavy atom. The molecule has 3 fully saturated rings. The number of nitrogens with zero attached hydrogens (tertiary/aromatic N) is 1. The fraction of sp³-hybridized carbons (Fsp3) is 1.00. The molecule has 2 saturated carbocycles. The van der Waals surface area contributed by atoms with Crippen molar-refractivity contribution in [3.8, 4) is 0 Å². The molecule has 0 amide bonds. The van der Waals surface area contributed by atoms with Gasteiger partial charge in [0.1, 0.15) is 0 Å². The van der Waals surface area contributed by atoms with E-state index in [1.54, 1.807) is 0 Å². The lowest BCUT2D eigenvalue weighted by Gasteiger charge is -2.53. The quantitative estimate of drug-likeness (QED) is 0.852. The van der Waals surface area contributed by atoms with Gasteiger partial charge < -0.3 is 10.5 Å². The average molecular weight is 306 g/mol. The van der Waals surface area contributed by atoms with Gasteiger partial charge >= 0.3 is 6.18 Å². The molecule has 1 saturated heterocycles. The van der Waals surface area contributed by atoms with Gasteiger partial charge in [-0.05, 0) is 38.5 Å². The maximum atomic E-state index is 13.2. The van der Waals surface area contributed by atoms with Gasteiger partial charge in [0, 0.05) is 24.7 Å². The third kappa shape index (κ3) is 2.82. The molecule has 1 heterocycles. The van der Waals surface area contributed by atoms with Gasteiger partial charge in [0.2, 0.25) is 0 Å². The van der Waals surface area contributed by atoms with Gasteiger partial charge in [0.15, 0.2) is 0 Å². The van der Waals surface area contributed by atoms with Crippen molar-refractivity contribution in [1.82, 2.24) is 4.90 Å². The van der Waals surface area contributed by atoms with Crippen molar-refractivity contribution < 1.29 is 17.9 Å². The number of hydrogen-bond acceptors (Lipinski definition) is 3. The Morgan fingerprint density at radius 2 is 2.00 bits per heavy atom. The van der Waals surface area contributed by atoms with Crippen LogP contribution in [0.1, 0.15) is 44.9 Å². The minimum absolute atomic E-state index is 0.163. The molecule has 3 rings (SSSR count). The van der Waals surface area contributed by atoms with E-state index in [-0.39, 0.29) is 25.0 Å². The summed E-state index contributed by atoms with van der Waals surface area (Å²) in [7, 11) is 0. The molecule has 122 valence electrons. The smallest absolute Gasteiger partial charge is 0.375 e. The normalized spacial score (nSPS) is 42.0. The highest BCUT2D eigenvalue weighted by atomic mass is 19.4. The number of hydrogen-bond donors (Lipinski definition) is 1. The number of morpholine rings is 1. The molecule has 4 unspecified atom stereocenters. The number of nitrogens with two attached hydrogens (primary N) is 1. The van der Waals surface area contributed by atoms with Crippen molar-refractivity contribution in [2.75, 3.05) is 19.7 Å². The minimum atomic E-state index is -4.10. The van der Waals surface area contributed by atoms with Crippen LogP contribution in [0.2, 0.25) is 0 Å². The first kappa shape index (κ1) is 15.6. The molecule has 4 atom stereocenters. The lowest BCUT2D eigenvalue weighted by atomic mass is 9.73. The van der Waals surface area contributed by atoms with E-state index in [0.717, 1.165) is 32.2 Å². The van der Waals surface area contributed by atoms with Crippen LogP contribution in [0, 0.1) is 5.92 Å². The van der Waals surface area contributed by atoms with Crippen LogP contribution >= 0.6 is 0 Å². The summed E-state index contributed by atoms with van der Waals surface area (Å²) in [6, 6.07) is 0.272. The van der Waals surface area contributed by atoms with Gasteiger partial charge in [-0.3, -0.25) is 4.90 Å². The van der Waals surface area contributed by atoms with E-state index in [2.05, 4.69) is 4.90 Å². The average Bonchev–Trinajstić information content (AvgIpc) is 2.94. The maximum absolute atomic E-state index is 13.2. The second-order valence-electron chi connectivity index (χ2n) is 6.86. The van der Waals surface area contributed by atoms with Gasteiger partial charge in [-0.15, -0.1) is 0 Å². The van der Waals surface area contributed by atoms with E-state index in [1.165, 1.54) is 0 Å². The number of alkyl halides is 3.